The van der Waals surface area contributed by atoms with Crippen molar-refractivity contribution in [3.05, 3.63) is 59.7 Å². The highest BCUT2D eigenvalue weighted by Gasteiger charge is 2.28. The van der Waals surface area contributed by atoms with E-state index in [-0.39, 0.29) is 6.10 Å². The van der Waals surface area contributed by atoms with E-state index in [0.29, 0.717) is 0 Å². The van der Waals surface area contributed by atoms with Crippen LogP contribution in [0, 0.1) is 0 Å². The fourth-order valence-corrected chi connectivity index (χ4v) is 2.85. The molecule has 0 radical (unpaired) electrons. The number of fused-ring (bicyclic) bond motifs is 1. The van der Waals surface area contributed by atoms with E-state index < -0.39 is 0 Å². The molecule has 1 aromatic rings. The van der Waals surface area contributed by atoms with Crippen LogP contribution in [0.1, 0.15) is 38.2 Å². The largest absolute Gasteiger partial charge is 0.481 e. The lowest BCUT2D eigenvalue weighted by Gasteiger charge is -2.14. The Bertz CT molecular complexity index is 563. The molecule has 0 bridgehead atoms. The SMILES string of the molecule is C=C(C)[C@@H]1Oc2ccccc2/C1=C\C1=CCCCC1. The van der Waals surface area contributed by atoms with Crippen LogP contribution in [0.5, 0.6) is 5.75 Å². The van der Waals surface area contributed by atoms with Gasteiger partial charge < -0.3 is 4.74 Å². The van der Waals surface area contributed by atoms with E-state index in [9.17, 15) is 0 Å². The Morgan fingerprint density at radius 3 is 2.89 bits per heavy atom. The van der Waals surface area contributed by atoms with Gasteiger partial charge in [-0.05, 0) is 44.2 Å². The number of rotatable bonds is 2. The predicted octanol–water partition coefficient (Wildman–Crippen LogP) is 4.91. The van der Waals surface area contributed by atoms with Crippen molar-refractivity contribution in [1.82, 2.24) is 0 Å². The molecule has 19 heavy (non-hydrogen) atoms. The summed E-state index contributed by atoms with van der Waals surface area (Å²) in [5.41, 5.74) is 5.02. The molecule has 0 unspecified atom stereocenters. The Hall–Kier alpha value is -1.76. The first kappa shape index (κ1) is 12.3. The normalized spacial score (nSPS) is 23.7. The fourth-order valence-electron chi connectivity index (χ4n) is 2.85. The molecule has 0 aromatic heterocycles. The Morgan fingerprint density at radius 2 is 2.16 bits per heavy atom. The minimum atomic E-state index is 0.0141. The van der Waals surface area contributed by atoms with Crippen molar-refractivity contribution in [1.29, 1.82) is 0 Å². The summed E-state index contributed by atoms with van der Waals surface area (Å²) in [6.45, 7) is 6.12. The Labute approximate surface area is 115 Å². The van der Waals surface area contributed by atoms with E-state index in [1.165, 1.54) is 42.4 Å². The lowest BCUT2D eigenvalue weighted by molar-refractivity contribution is 0.311. The standard InChI is InChI=1S/C18H20O/c1-13(2)18-16(12-14-8-4-3-5-9-14)15-10-6-7-11-17(15)19-18/h6-8,10-12,18H,1,3-5,9H2,2H3/b16-12+/t18-/m0/s1. The lowest BCUT2D eigenvalue weighted by Crippen LogP contribution is -2.13. The molecule has 0 spiro atoms. The molecule has 1 aliphatic heterocycles. The molecule has 1 nitrogen and oxygen atoms in total. The molecule has 0 saturated heterocycles. The van der Waals surface area contributed by atoms with Crippen LogP contribution in [0.3, 0.4) is 0 Å². The van der Waals surface area contributed by atoms with Crippen molar-refractivity contribution < 1.29 is 4.74 Å². The Kier molecular flexibility index (Phi) is 3.29. The zero-order chi connectivity index (χ0) is 13.2. The van der Waals surface area contributed by atoms with Crippen molar-refractivity contribution in [3.8, 4) is 5.75 Å². The van der Waals surface area contributed by atoms with Crippen LogP contribution in [0.15, 0.2) is 54.1 Å². The molecule has 3 rings (SSSR count). The molecule has 0 N–H and O–H groups in total. The molecule has 1 atom stereocenters. The first-order chi connectivity index (χ1) is 9.25. The van der Waals surface area contributed by atoms with E-state index in [2.05, 4.69) is 30.9 Å². The van der Waals surface area contributed by atoms with Gasteiger partial charge in [-0.1, -0.05) is 42.5 Å². The Balaban J connectivity index is 2.02. The van der Waals surface area contributed by atoms with Gasteiger partial charge in [-0.2, -0.15) is 0 Å². The molecular formula is C18H20O. The molecule has 2 aliphatic rings. The van der Waals surface area contributed by atoms with Gasteiger partial charge in [0.2, 0.25) is 0 Å². The topological polar surface area (TPSA) is 9.23 Å². The molecule has 1 heterocycles. The zero-order valence-electron chi connectivity index (χ0n) is 11.5. The van der Waals surface area contributed by atoms with Gasteiger partial charge in [0.15, 0.2) is 0 Å². The van der Waals surface area contributed by atoms with Crippen LogP contribution in [-0.4, -0.2) is 6.10 Å². The average molecular weight is 252 g/mol. The van der Waals surface area contributed by atoms with Crippen LogP contribution in [0.2, 0.25) is 0 Å². The van der Waals surface area contributed by atoms with Gasteiger partial charge in [0.1, 0.15) is 11.9 Å². The third kappa shape index (κ3) is 2.37. The summed E-state index contributed by atoms with van der Waals surface area (Å²) in [5.74, 6) is 0.984. The molecule has 0 amide bonds. The van der Waals surface area contributed by atoms with E-state index in [1.807, 2.05) is 19.1 Å². The summed E-state index contributed by atoms with van der Waals surface area (Å²) >= 11 is 0. The number of hydrogen-bond acceptors (Lipinski definition) is 1. The van der Waals surface area contributed by atoms with Crippen molar-refractivity contribution in [2.45, 2.75) is 38.7 Å². The highest BCUT2D eigenvalue weighted by molar-refractivity contribution is 5.80. The van der Waals surface area contributed by atoms with Gasteiger partial charge in [-0.3, -0.25) is 0 Å². The maximum absolute atomic E-state index is 6.03. The fraction of sp³-hybridized carbons (Fsp3) is 0.333. The van der Waals surface area contributed by atoms with Crippen molar-refractivity contribution in [3.63, 3.8) is 0 Å². The van der Waals surface area contributed by atoms with Crippen molar-refractivity contribution >= 4 is 5.57 Å². The molecule has 98 valence electrons. The molecule has 0 fully saturated rings. The zero-order valence-corrected chi connectivity index (χ0v) is 11.5. The van der Waals surface area contributed by atoms with Gasteiger partial charge in [0.05, 0.1) is 0 Å². The first-order valence-corrected chi connectivity index (χ1v) is 7.08. The molecule has 1 heteroatoms. The first-order valence-electron chi connectivity index (χ1n) is 7.08. The van der Waals surface area contributed by atoms with Gasteiger partial charge in [-0.15, -0.1) is 0 Å². The maximum atomic E-state index is 6.03. The number of hydrogen-bond donors (Lipinski definition) is 0. The number of ether oxygens (including phenoxy) is 1. The van der Waals surface area contributed by atoms with Crippen LogP contribution < -0.4 is 4.74 Å². The second kappa shape index (κ2) is 5.08. The molecular weight excluding hydrogens is 232 g/mol. The summed E-state index contributed by atoms with van der Waals surface area (Å²) in [6, 6.07) is 8.29. The molecule has 1 aliphatic carbocycles. The summed E-state index contributed by atoms with van der Waals surface area (Å²) in [5, 5.41) is 0. The minimum absolute atomic E-state index is 0.0141. The molecule has 0 saturated carbocycles. The summed E-state index contributed by atoms with van der Waals surface area (Å²) in [4.78, 5) is 0. The molecule has 1 aromatic carbocycles. The van der Waals surface area contributed by atoms with Gasteiger partial charge >= 0.3 is 0 Å². The number of para-hydroxylation sites is 1. The van der Waals surface area contributed by atoms with Crippen LogP contribution >= 0.6 is 0 Å². The number of allylic oxidation sites excluding steroid dienone is 3. The van der Waals surface area contributed by atoms with Crippen LogP contribution in [0.4, 0.5) is 0 Å². The summed E-state index contributed by atoms with van der Waals surface area (Å²) in [7, 11) is 0. The van der Waals surface area contributed by atoms with Gasteiger partial charge in [0.25, 0.3) is 0 Å². The highest BCUT2D eigenvalue weighted by Crippen LogP contribution is 2.40. The van der Waals surface area contributed by atoms with Crippen LogP contribution in [0.25, 0.3) is 5.57 Å². The van der Waals surface area contributed by atoms with Gasteiger partial charge in [0, 0.05) is 11.1 Å². The second-order valence-corrected chi connectivity index (χ2v) is 5.46. The minimum Gasteiger partial charge on any atom is -0.481 e. The summed E-state index contributed by atoms with van der Waals surface area (Å²) < 4.78 is 6.03. The van der Waals surface area contributed by atoms with Crippen molar-refractivity contribution in [2.24, 2.45) is 0 Å². The van der Waals surface area contributed by atoms with Gasteiger partial charge in [-0.25, -0.2) is 0 Å². The van der Waals surface area contributed by atoms with E-state index in [0.717, 1.165) is 11.3 Å². The second-order valence-electron chi connectivity index (χ2n) is 5.46. The Morgan fingerprint density at radius 1 is 1.32 bits per heavy atom. The predicted molar refractivity (Wildman–Crippen MR) is 80.2 cm³/mol. The van der Waals surface area contributed by atoms with E-state index >= 15 is 0 Å². The summed E-state index contributed by atoms with van der Waals surface area (Å²) in [6.07, 6.45) is 9.73. The smallest absolute Gasteiger partial charge is 0.145 e. The third-order valence-corrected chi connectivity index (χ3v) is 3.84. The average Bonchev–Trinajstić information content (AvgIpc) is 2.79. The third-order valence-electron chi connectivity index (χ3n) is 3.84. The lowest BCUT2D eigenvalue weighted by atomic mass is 9.92. The van der Waals surface area contributed by atoms with E-state index in [1.54, 1.807) is 0 Å². The maximum Gasteiger partial charge on any atom is 0.145 e. The number of benzene rings is 1. The van der Waals surface area contributed by atoms with Crippen molar-refractivity contribution in [2.75, 3.05) is 0 Å². The van der Waals surface area contributed by atoms with E-state index in [4.69, 9.17) is 4.74 Å². The monoisotopic (exact) mass is 252 g/mol. The highest BCUT2D eigenvalue weighted by atomic mass is 16.5. The quantitative estimate of drug-likeness (QED) is 0.680. The van der Waals surface area contributed by atoms with Crippen LogP contribution in [-0.2, 0) is 0 Å².